The minimum absolute atomic E-state index is 0.630. The van der Waals surface area contributed by atoms with E-state index in [0.29, 0.717) is 6.61 Å². The van der Waals surface area contributed by atoms with Crippen molar-refractivity contribution < 1.29 is 9.47 Å². The third-order valence-corrected chi connectivity index (χ3v) is 3.66. The van der Waals surface area contributed by atoms with Gasteiger partial charge in [-0.25, -0.2) is 0 Å². The molecule has 2 N–H and O–H groups in total. The Bertz CT molecular complexity index is 429. The van der Waals surface area contributed by atoms with Gasteiger partial charge in [0.2, 0.25) is 0 Å². The molecule has 0 heterocycles. The van der Waals surface area contributed by atoms with Gasteiger partial charge in [0, 0.05) is 17.3 Å². The van der Waals surface area contributed by atoms with Gasteiger partial charge >= 0.3 is 0 Å². The number of aryl methyl sites for hydroxylation is 1. The van der Waals surface area contributed by atoms with Gasteiger partial charge in [0.15, 0.2) is 11.5 Å². The molecule has 1 rings (SSSR count). The Balaban J connectivity index is 2.73. The van der Waals surface area contributed by atoms with E-state index >= 15 is 0 Å². The summed E-state index contributed by atoms with van der Waals surface area (Å²) in [6.07, 6.45) is 4.47. The van der Waals surface area contributed by atoms with Crippen molar-refractivity contribution in [1.82, 2.24) is 4.90 Å². The highest BCUT2D eigenvalue weighted by atomic mass is 16.5. The smallest absolute Gasteiger partial charge is 0.164 e. The normalized spacial score (nSPS) is 11.0. The van der Waals surface area contributed by atoms with E-state index in [4.69, 9.17) is 15.2 Å². The fourth-order valence-corrected chi connectivity index (χ4v) is 2.79. The summed E-state index contributed by atoms with van der Waals surface area (Å²) in [7, 11) is 1.66. The van der Waals surface area contributed by atoms with Crippen molar-refractivity contribution >= 4 is 5.69 Å². The molecule has 126 valence electrons. The second-order valence-corrected chi connectivity index (χ2v) is 5.59. The average Bonchev–Trinajstić information content (AvgIpc) is 2.50. The molecule has 1 aromatic carbocycles. The van der Waals surface area contributed by atoms with E-state index in [9.17, 15) is 0 Å². The molecule has 0 aliphatic carbocycles. The molecule has 0 aliphatic rings. The first-order chi connectivity index (χ1) is 10.7. The molecule has 0 atom stereocenters. The summed E-state index contributed by atoms with van der Waals surface area (Å²) < 4.78 is 11.2. The maximum atomic E-state index is 5.98. The van der Waals surface area contributed by atoms with Crippen LogP contribution in [0.4, 0.5) is 5.69 Å². The van der Waals surface area contributed by atoms with Crippen molar-refractivity contribution in [2.24, 2.45) is 0 Å². The number of methoxy groups -OCH3 is 1. The van der Waals surface area contributed by atoms with Crippen molar-refractivity contribution in [3.63, 3.8) is 0 Å². The van der Waals surface area contributed by atoms with E-state index in [0.717, 1.165) is 42.1 Å². The number of rotatable bonds is 11. The van der Waals surface area contributed by atoms with E-state index in [2.05, 4.69) is 18.7 Å². The number of anilines is 1. The van der Waals surface area contributed by atoms with Gasteiger partial charge in [-0.15, -0.1) is 0 Å². The number of nitrogens with zero attached hydrogens (tertiary/aromatic N) is 1. The lowest BCUT2D eigenvalue weighted by Crippen LogP contribution is -2.26. The molecule has 0 saturated heterocycles. The van der Waals surface area contributed by atoms with E-state index in [1.54, 1.807) is 7.11 Å². The molecule has 0 bridgehead atoms. The van der Waals surface area contributed by atoms with Crippen LogP contribution in [-0.2, 0) is 6.42 Å². The molecule has 0 unspecified atom stereocenters. The van der Waals surface area contributed by atoms with Crippen LogP contribution in [0.15, 0.2) is 12.1 Å². The van der Waals surface area contributed by atoms with Crippen molar-refractivity contribution in [3.05, 3.63) is 17.7 Å². The van der Waals surface area contributed by atoms with E-state index in [1.807, 2.05) is 19.1 Å². The number of hydrogen-bond donors (Lipinski definition) is 1. The zero-order valence-corrected chi connectivity index (χ0v) is 14.7. The van der Waals surface area contributed by atoms with Crippen LogP contribution in [0, 0.1) is 0 Å². The van der Waals surface area contributed by atoms with Gasteiger partial charge in [-0.3, -0.25) is 0 Å². The summed E-state index contributed by atoms with van der Waals surface area (Å²) >= 11 is 0. The third kappa shape index (κ3) is 5.76. The SMILES string of the molecule is CCCN(CCC)CCCc1cc(N)cc(OC)c1OCC. The largest absolute Gasteiger partial charge is 0.493 e. The van der Waals surface area contributed by atoms with Crippen LogP contribution >= 0.6 is 0 Å². The summed E-state index contributed by atoms with van der Waals surface area (Å²) in [6, 6.07) is 3.84. The standard InChI is InChI=1S/C18H32N2O2/c1-5-10-20(11-6-2)12-8-9-15-13-16(19)14-17(21-4)18(15)22-7-3/h13-14H,5-12,19H2,1-4H3. The predicted octanol–water partition coefficient (Wildman–Crippen LogP) is 3.73. The molecule has 4 heteroatoms. The minimum Gasteiger partial charge on any atom is -0.493 e. The fraction of sp³-hybridized carbons (Fsp3) is 0.667. The van der Waals surface area contributed by atoms with Crippen LogP contribution in [0.5, 0.6) is 11.5 Å². The van der Waals surface area contributed by atoms with Crippen LogP contribution < -0.4 is 15.2 Å². The second-order valence-electron chi connectivity index (χ2n) is 5.59. The highest BCUT2D eigenvalue weighted by molar-refractivity contribution is 5.57. The molecule has 0 radical (unpaired) electrons. The Morgan fingerprint density at radius 1 is 1.05 bits per heavy atom. The Kier molecular flexibility index (Phi) is 8.75. The number of benzene rings is 1. The van der Waals surface area contributed by atoms with Crippen molar-refractivity contribution in [3.8, 4) is 11.5 Å². The zero-order chi connectivity index (χ0) is 16.4. The van der Waals surface area contributed by atoms with Crippen molar-refractivity contribution in [2.45, 2.75) is 46.5 Å². The molecular weight excluding hydrogens is 276 g/mol. The quantitative estimate of drug-likeness (QED) is 0.633. The monoisotopic (exact) mass is 308 g/mol. The lowest BCUT2D eigenvalue weighted by Gasteiger charge is -2.21. The number of hydrogen-bond acceptors (Lipinski definition) is 4. The van der Waals surface area contributed by atoms with Crippen LogP contribution in [0.25, 0.3) is 0 Å². The van der Waals surface area contributed by atoms with E-state index in [-0.39, 0.29) is 0 Å². The minimum atomic E-state index is 0.630. The van der Waals surface area contributed by atoms with Crippen LogP contribution in [-0.4, -0.2) is 38.3 Å². The zero-order valence-electron chi connectivity index (χ0n) is 14.7. The van der Waals surface area contributed by atoms with Gasteiger partial charge in [-0.1, -0.05) is 13.8 Å². The molecule has 0 aromatic heterocycles. The summed E-state index contributed by atoms with van der Waals surface area (Å²) in [5.41, 5.74) is 7.86. The summed E-state index contributed by atoms with van der Waals surface area (Å²) in [6.45, 7) is 10.6. The van der Waals surface area contributed by atoms with E-state index in [1.165, 1.54) is 25.9 Å². The summed E-state index contributed by atoms with van der Waals surface area (Å²) in [5, 5.41) is 0. The van der Waals surface area contributed by atoms with Gasteiger partial charge in [-0.05, 0) is 58.3 Å². The Morgan fingerprint density at radius 3 is 2.27 bits per heavy atom. The molecule has 0 saturated carbocycles. The van der Waals surface area contributed by atoms with Gasteiger partial charge < -0.3 is 20.1 Å². The molecule has 0 spiro atoms. The Morgan fingerprint density at radius 2 is 1.73 bits per heavy atom. The van der Waals surface area contributed by atoms with Crippen LogP contribution in [0.3, 0.4) is 0 Å². The highest BCUT2D eigenvalue weighted by Gasteiger charge is 2.12. The maximum Gasteiger partial charge on any atom is 0.164 e. The first kappa shape index (κ1) is 18.6. The number of ether oxygens (including phenoxy) is 2. The molecule has 22 heavy (non-hydrogen) atoms. The first-order valence-corrected chi connectivity index (χ1v) is 8.47. The first-order valence-electron chi connectivity index (χ1n) is 8.47. The molecule has 0 fully saturated rings. The highest BCUT2D eigenvalue weighted by Crippen LogP contribution is 2.34. The van der Waals surface area contributed by atoms with E-state index < -0.39 is 0 Å². The fourth-order valence-electron chi connectivity index (χ4n) is 2.79. The van der Waals surface area contributed by atoms with Gasteiger partial charge in [0.25, 0.3) is 0 Å². The maximum absolute atomic E-state index is 5.98. The second kappa shape index (κ2) is 10.3. The summed E-state index contributed by atoms with van der Waals surface area (Å²) in [5.74, 6) is 1.58. The molecule has 4 nitrogen and oxygen atoms in total. The number of nitrogens with two attached hydrogens (primary N) is 1. The molecule has 0 aliphatic heterocycles. The Hall–Kier alpha value is -1.42. The van der Waals surface area contributed by atoms with Crippen molar-refractivity contribution in [2.75, 3.05) is 39.1 Å². The summed E-state index contributed by atoms with van der Waals surface area (Å²) in [4.78, 5) is 2.53. The predicted molar refractivity (Wildman–Crippen MR) is 93.9 cm³/mol. The lowest BCUT2D eigenvalue weighted by atomic mass is 10.1. The van der Waals surface area contributed by atoms with Gasteiger partial charge in [-0.2, -0.15) is 0 Å². The lowest BCUT2D eigenvalue weighted by molar-refractivity contribution is 0.270. The van der Waals surface area contributed by atoms with Crippen LogP contribution in [0.2, 0.25) is 0 Å². The van der Waals surface area contributed by atoms with Gasteiger partial charge in [0.1, 0.15) is 0 Å². The third-order valence-electron chi connectivity index (χ3n) is 3.66. The Labute approximate surface area is 135 Å². The average molecular weight is 308 g/mol. The van der Waals surface area contributed by atoms with Gasteiger partial charge in [0.05, 0.1) is 13.7 Å². The van der Waals surface area contributed by atoms with Crippen molar-refractivity contribution in [1.29, 1.82) is 0 Å². The molecule has 0 amide bonds. The number of nitrogen functional groups attached to an aromatic ring is 1. The molecular formula is C18H32N2O2. The molecule has 1 aromatic rings. The van der Waals surface area contributed by atoms with Crippen LogP contribution in [0.1, 0.15) is 45.6 Å². The topological polar surface area (TPSA) is 47.7 Å².